The van der Waals surface area contributed by atoms with E-state index in [1.165, 1.54) is 18.4 Å². The molecule has 2 heterocycles. The van der Waals surface area contributed by atoms with Crippen molar-refractivity contribution in [3.8, 4) is 0 Å². The number of rotatable bonds is 9. The normalized spacial score (nSPS) is 15.7. The zero-order valence-corrected chi connectivity index (χ0v) is 18.3. The number of amides is 1. The molecule has 1 aliphatic rings. The van der Waals surface area contributed by atoms with Crippen molar-refractivity contribution in [2.24, 2.45) is 0 Å². The van der Waals surface area contributed by atoms with Crippen molar-refractivity contribution in [1.29, 1.82) is 0 Å². The third-order valence-corrected chi connectivity index (χ3v) is 6.03. The first-order valence-corrected chi connectivity index (χ1v) is 11.0. The highest BCUT2D eigenvalue weighted by molar-refractivity contribution is 7.12. The quantitative estimate of drug-likeness (QED) is 0.616. The van der Waals surface area contributed by atoms with Crippen molar-refractivity contribution in [3.05, 3.63) is 52.2 Å². The molecule has 1 N–H and O–H groups in total. The third-order valence-electron chi connectivity index (χ3n) is 5.13. The Hall–Kier alpha value is -2.26. The van der Waals surface area contributed by atoms with Crippen LogP contribution in [0, 0.1) is 0 Å². The van der Waals surface area contributed by atoms with E-state index in [9.17, 15) is 9.59 Å². The number of ether oxygens (including phenoxy) is 2. The molecule has 0 saturated carbocycles. The summed E-state index contributed by atoms with van der Waals surface area (Å²) in [5.41, 5.74) is 1.65. The smallest absolute Gasteiger partial charge is 0.350 e. The van der Waals surface area contributed by atoms with Gasteiger partial charge in [-0.1, -0.05) is 30.3 Å². The van der Waals surface area contributed by atoms with E-state index in [1.54, 1.807) is 11.4 Å². The van der Waals surface area contributed by atoms with Crippen LogP contribution in [-0.2, 0) is 20.8 Å². The van der Waals surface area contributed by atoms with Crippen molar-refractivity contribution in [2.45, 2.75) is 19.5 Å². The van der Waals surface area contributed by atoms with Gasteiger partial charge in [0.25, 0.3) is 0 Å². The number of nitrogens with one attached hydrogen (secondary N) is 1. The SMILES string of the molecule is COC(=O)c1sccc1NC(=O)CN(Cc1ccccc1)C(C)CN1CCOCC1. The van der Waals surface area contributed by atoms with Crippen LogP contribution in [0.15, 0.2) is 41.8 Å². The minimum absolute atomic E-state index is 0.150. The van der Waals surface area contributed by atoms with Crippen LogP contribution >= 0.6 is 11.3 Å². The van der Waals surface area contributed by atoms with Gasteiger partial charge >= 0.3 is 5.97 Å². The van der Waals surface area contributed by atoms with E-state index in [1.807, 2.05) is 18.2 Å². The summed E-state index contributed by atoms with van der Waals surface area (Å²) in [5.74, 6) is -0.592. The van der Waals surface area contributed by atoms with Gasteiger partial charge in [-0.3, -0.25) is 14.6 Å². The molecular formula is C22H29N3O4S. The first kappa shape index (κ1) is 22.4. The van der Waals surface area contributed by atoms with Crippen LogP contribution in [0.25, 0.3) is 0 Å². The lowest BCUT2D eigenvalue weighted by atomic mass is 10.1. The van der Waals surface area contributed by atoms with Crippen molar-refractivity contribution < 1.29 is 19.1 Å². The molecule has 1 aromatic carbocycles. The molecule has 1 fully saturated rings. The molecule has 0 aliphatic carbocycles. The molecule has 1 atom stereocenters. The highest BCUT2D eigenvalue weighted by Crippen LogP contribution is 2.23. The molecule has 1 unspecified atom stereocenters. The lowest BCUT2D eigenvalue weighted by Crippen LogP contribution is -2.47. The Kier molecular flexibility index (Phi) is 8.39. The standard InChI is InChI=1S/C22H29N3O4S/c1-17(14-24-9-11-29-12-10-24)25(15-18-6-4-3-5-7-18)16-20(26)23-19-8-13-30-21(19)22(27)28-2/h3-8,13,17H,9-12,14-16H2,1-2H3,(H,23,26). The Balaban J connectivity index is 1.67. The summed E-state index contributed by atoms with van der Waals surface area (Å²) in [6, 6.07) is 12.1. The van der Waals surface area contributed by atoms with E-state index < -0.39 is 5.97 Å². The van der Waals surface area contributed by atoms with Crippen LogP contribution < -0.4 is 5.32 Å². The van der Waals surface area contributed by atoms with Gasteiger partial charge in [-0.25, -0.2) is 4.79 Å². The number of carbonyl (C=O) groups excluding carboxylic acids is 2. The van der Waals surface area contributed by atoms with Gasteiger partial charge in [0.05, 0.1) is 32.6 Å². The lowest BCUT2D eigenvalue weighted by Gasteiger charge is -2.34. The van der Waals surface area contributed by atoms with Gasteiger partial charge < -0.3 is 14.8 Å². The average Bonchev–Trinajstić information content (AvgIpc) is 3.22. The highest BCUT2D eigenvalue weighted by Gasteiger charge is 2.23. The minimum atomic E-state index is -0.442. The number of esters is 1. The molecule has 0 bridgehead atoms. The van der Waals surface area contributed by atoms with E-state index in [4.69, 9.17) is 9.47 Å². The molecule has 1 aromatic heterocycles. The number of hydrogen-bond acceptors (Lipinski definition) is 7. The zero-order chi connectivity index (χ0) is 21.3. The summed E-state index contributed by atoms with van der Waals surface area (Å²) in [4.78, 5) is 29.7. The van der Waals surface area contributed by atoms with E-state index in [0.29, 0.717) is 17.1 Å². The monoisotopic (exact) mass is 431 g/mol. The molecule has 1 amide bonds. The van der Waals surface area contributed by atoms with Crippen LogP contribution in [0.4, 0.5) is 5.69 Å². The second-order valence-electron chi connectivity index (χ2n) is 7.36. The Labute approximate surface area is 181 Å². The second kappa shape index (κ2) is 11.2. The van der Waals surface area contributed by atoms with Gasteiger partial charge in [0.1, 0.15) is 4.88 Å². The molecule has 1 saturated heterocycles. The fourth-order valence-corrected chi connectivity index (χ4v) is 4.26. The molecule has 2 aromatic rings. The lowest BCUT2D eigenvalue weighted by molar-refractivity contribution is -0.118. The van der Waals surface area contributed by atoms with Gasteiger partial charge in [0.15, 0.2) is 0 Å². The Morgan fingerprint density at radius 3 is 2.67 bits per heavy atom. The molecule has 0 radical (unpaired) electrons. The van der Waals surface area contributed by atoms with Gasteiger partial charge in [0, 0.05) is 32.2 Å². The number of anilines is 1. The van der Waals surface area contributed by atoms with Crippen molar-refractivity contribution in [1.82, 2.24) is 9.80 Å². The topological polar surface area (TPSA) is 71.1 Å². The molecular weight excluding hydrogens is 402 g/mol. The number of methoxy groups -OCH3 is 1. The van der Waals surface area contributed by atoms with Gasteiger partial charge in [-0.2, -0.15) is 0 Å². The first-order valence-electron chi connectivity index (χ1n) is 10.1. The molecule has 162 valence electrons. The molecule has 1 aliphatic heterocycles. The summed E-state index contributed by atoms with van der Waals surface area (Å²) in [7, 11) is 1.34. The maximum atomic E-state index is 12.8. The summed E-state index contributed by atoms with van der Waals surface area (Å²) >= 11 is 1.25. The van der Waals surface area contributed by atoms with E-state index in [0.717, 1.165) is 38.4 Å². The van der Waals surface area contributed by atoms with Crippen molar-refractivity contribution >= 4 is 28.9 Å². The number of morpholine rings is 1. The fraction of sp³-hybridized carbons (Fsp3) is 0.455. The number of hydrogen-bond donors (Lipinski definition) is 1. The summed E-state index contributed by atoms with van der Waals surface area (Å²) < 4.78 is 10.2. The van der Waals surface area contributed by atoms with Crippen LogP contribution in [0.1, 0.15) is 22.2 Å². The minimum Gasteiger partial charge on any atom is -0.465 e. The summed E-state index contributed by atoms with van der Waals surface area (Å²) in [5, 5.41) is 4.64. The van der Waals surface area contributed by atoms with E-state index >= 15 is 0 Å². The number of benzene rings is 1. The van der Waals surface area contributed by atoms with Crippen LogP contribution in [0.3, 0.4) is 0 Å². The number of thiophene rings is 1. The predicted molar refractivity (Wildman–Crippen MR) is 118 cm³/mol. The Morgan fingerprint density at radius 1 is 1.23 bits per heavy atom. The average molecular weight is 432 g/mol. The van der Waals surface area contributed by atoms with Crippen LogP contribution in [-0.4, -0.2) is 74.2 Å². The predicted octanol–water partition coefficient (Wildman–Crippen LogP) is 2.70. The Bertz CT molecular complexity index is 821. The Morgan fingerprint density at radius 2 is 1.97 bits per heavy atom. The summed E-state index contributed by atoms with van der Waals surface area (Å²) in [6.07, 6.45) is 0. The number of carbonyl (C=O) groups is 2. The summed E-state index contributed by atoms with van der Waals surface area (Å²) in [6.45, 7) is 7.25. The third kappa shape index (κ3) is 6.37. The van der Waals surface area contributed by atoms with Crippen LogP contribution in [0.5, 0.6) is 0 Å². The van der Waals surface area contributed by atoms with E-state index in [-0.39, 0.29) is 18.5 Å². The highest BCUT2D eigenvalue weighted by atomic mass is 32.1. The second-order valence-corrected chi connectivity index (χ2v) is 8.27. The van der Waals surface area contributed by atoms with E-state index in [2.05, 4.69) is 34.2 Å². The fourth-order valence-electron chi connectivity index (χ4n) is 3.49. The largest absolute Gasteiger partial charge is 0.465 e. The van der Waals surface area contributed by atoms with Crippen molar-refractivity contribution in [2.75, 3.05) is 51.8 Å². The van der Waals surface area contributed by atoms with Gasteiger partial charge in [-0.15, -0.1) is 11.3 Å². The van der Waals surface area contributed by atoms with Gasteiger partial charge in [0.2, 0.25) is 5.91 Å². The first-order chi connectivity index (χ1) is 14.6. The molecule has 8 heteroatoms. The maximum Gasteiger partial charge on any atom is 0.350 e. The molecule has 7 nitrogen and oxygen atoms in total. The number of nitrogens with zero attached hydrogens (tertiary/aromatic N) is 2. The molecule has 3 rings (SSSR count). The molecule has 0 spiro atoms. The zero-order valence-electron chi connectivity index (χ0n) is 17.5. The van der Waals surface area contributed by atoms with Gasteiger partial charge in [-0.05, 0) is 23.9 Å². The maximum absolute atomic E-state index is 12.8. The van der Waals surface area contributed by atoms with Crippen LogP contribution in [0.2, 0.25) is 0 Å². The molecule has 30 heavy (non-hydrogen) atoms. The van der Waals surface area contributed by atoms with Crippen molar-refractivity contribution in [3.63, 3.8) is 0 Å².